The molecule has 2 saturated heterocycles. The second kappa shape index (κ2) is 10.1. The number of benzene rings is 1. The second-order valence-corrected chi connectivity index (χ2v) is 11.4. The van der Waals surface area contributed by atoms with Gasteiger partial charge in [-0.05, 0) is 48.6 Å². The lowest BCUT2D eigenvalue weighted by Crippen LogP contribution is -2.82. The van der Waals surface area contributed by atoms with Crippen molar-refractivity contribution in [3.8, 4) is 5.88 Å². The van der Waals surface area contributed by atoms with Crippen molar-refractivity contribution < 1.29 is 19.6 Å². The number of piperidine rings is 1. The topological polar surface area (TPSA) is 68.3 Å². The zero-order valence-electron chi connectivity index (χ0n) is 21.5. The number of rotatable bonds is 4. The SMILES string of the molecule is COc1ccc2c(n1)COC[C@]21C[NH2+]C[C@H]1C(=O)N1CC[C@@H](c2ccccc2)C[C@H]1C1CCCCC1. The smallest absolute Gasteiger partial charge is 0.232 e. The maximum absolute atomic E-state index is 14.5. The molecule has 1 aliphatic carbocycles. The Morgan fingerprint density at radius 3 is 2.75 bits per heavy atom. The van der Waals surface area contributed by atoms with Crippen LogP contribution in [0.15, 0.2) is 42.5 Å². The van der Waals surface area contributed by atoms with Crippen molar-refractivity contribution >= 4 is 5.91 Å². The number of fused-ring (bicyclic) bond motifs is 2. The van der Waals surface area contributed by atoms with Crippen LogP contribution in [0.2, 0.25) is 0 Å². The summed E-state index contributed by atoms with van der Waals surface area (Å²) in [5, 5.41) is 2.32. The van der Waals surface area contributed by atoms with E-state index in [9.17, 15) is 4.79 Å². The molecule has 1 amide bonds. The van der Waals surface area contributed by atoms with Crippen LogP contribution in [0.5, 0.6) is 5.88 Å². The normalized spacial score (nSPS) is 30.8. The van der Waals surface area contributed by atoms with Crippen LogP contribution in [0, 0.1) is 11.8 Å². The molecule has 1 saturated carbocycles. The van der Waals surface area contributed by atoms with Crippen LogP contribution in [-0.4, -0.2) is 55.2 Å². The van der Waals surface area contributed by atoms with Gasteiger partial charge in [-0.1, -0.05) is 55.7 Å². The number of amides is 1. The molecule has 1 aromatic heterocycles. The Labute approximate surface area is 214 Å². The molecule has 3 aliphatic heterocycles. The van der Waals surface area contributed by atoms with Crippen LogP contribution in [0.4, 0.5) is 0 Å². The zero-order valence-corrected chi connectivity index (χ0v) is 21.5. The van der Waals surface area contributed by atoms with E-state index in [0.717, 1.165) is 38.2 Å². The summed E-state index contributed by atoms with van der Waals surface area (Å²) in [6, 6.07) is 15.4. The first-order chi connectivity index (χ1) is 17.7. The van der Waals surface area contributed by atoms with E-state index in [1.807, 2.05) is 6.07 Å². The first-order valence-corrected chi connectivity index (χ1v) is 14.0. The molecule has 2 N–H and O–H groups in total. The first kappa shape index (κ1) is 23.9. The van der Waals surface area contributed by atoms with Gasteiger partial charge in [-0.25, -0.2) is 4.98 Å². The molecule has 2 aromatic rings. The van der Waals surface area contributed by atoms with E-state index in [1.54, 1.807) is 7.11 Å². The monoisotopic (exact) mass is 490 g/mol. The Kier molecular flexibility index (Phi) is 6.74. The van der Waals surface area contributed by atoms with Crippen molar-refractivity contribution in [2.24, 2.45) is 11.8 Å². The van der Waals surface area contributed by atoms with Crippen molar-refractivity contribution in [1.29, 1.82) is 0 Å². The van der Waals surface area contributed by atoms with Gasteiger partial charge in [0, 0.05) is 18.7 Å². The van der Waals surface area contributed by atoms with Gasteiger partial charge >= 0.3 is 0 Å². The summed E-state index contributed by atoms with van der Waals surface area (Å²) < 4.78 is 11.5. The molecular formula is C30H40N3O3+. The summed E-state index contributed by atoms with van der Waals surface area (Å²) in [6.45, 7) is 3.64. The highest BCUT2D eigenvalue weighted by Crippen LogP contribution is 2.44. The number of ether oxygens (including phenoxy) is 2. The minimum atomic E-state index is -0.308. The van der Waals surface area contributed by atoms with Gasteiger partial charge in [0.25, 0.3) is 0 Å². The molecule has 4 heterocycles. The minimum absolute atomic E-state index is 0.0777. The fourth-order valence-electron chi connectivity index (χ4n) is 7.70. The van der Waals surface area contributed by atoms with Crippen molar-refractivity contribution in [3.63, 3.8) is 0 Å². The molecule has 3 fully saturated rings. The fourth-order valence-corrected chi connectivity index (χ4v) is 7.70. The second-order valence-electron chi connectivity index (χ2n) is 11.4. The quantitative estimate of drug-likeness (QED) is 0.713. The molecule has 0 bridgehead atoms. The molecule has 0 radical (unpaired) electrons. The van der Waals surface area contributed by atoms with Crippen LogP contribution in [0.1, 0.15) is 67.7 Å². The highest BCUT2D eigenvalue weighted by Gasteiger charge is 2.56. The Bertz CT molecular complexity index is 1070. The van der Waals surface area contributed by atoms with Gasteiger partial charge < -0.3 is 19.7 Å². The van der Waals surface area contributed by atoms with Crippen molar-refractivity contribution in [1.82, 2.24) is 9.88 Å². The molecular weight excluding hydrogens is 450 g/mol. The van der Waals surface area contributed by atoms with Gasteiger partial charge in [0.15, 0.2) is 0 Å². The number of hydrogen-bond acceptors (Lipinski definition) is 4. The molecule has 6 nitrogen and oxygen atoms in total. The number of nitrogens with two attached hydrogens (primary N) is 1. The average Bonchev–Trinajstić information content (AvgIpc) is 3.37. The molecule has 0 unspecified atom stereocenters. The van der Waals surface area contributed by atoms with Crippen LogP contribution < -0.4 is 10.1 Å². The van der Waals surface area contributed by atoms with Gasteiger partial charge in [-0.2, -0.15) is 0 Å². The third-order valence-electron chi connectivity index (χ3n) is 9.56. The van der Waals surface area contributed by atoms with E-state index in [-0.39, 0.29) is 11.3 Å². The molecule has 4 atom stereocenters. The number of quaternary nitrogens is 1. The number of hydrogen-bond donors (Lipinski definition) is 1. The number of nitrogens with zero attached hydrogens (tertiary/aromatic N) is 2. The summed E-state index contributed by atoms with van der Waals surface area (Å²) >= 11 is 0. The number of likely N-dealkylation sites (tertiary alicyclic amines) is 1. The number of carbonyl (C=O) groups is 1. The summed E-state index contributed by atoms with van der Waals surface area (Å²) in [5.41, 5.74) is 3.25. The van der Waals surface area contributed by atoms with Crippen molar-refractivity contribution in [2.75, 3.05) is 33.4 Å². The Morgan fingerprint density at radius 1 is 1.11 bits per heavy atom. The summed E-state index contributed by atoms with van der Waals surface area (Å²) in [7, 11) is 1.65. The van der Waals surface area contributed by atoms with Gasteiger partial charge in [-0.3, -0.25) is 4.79 Å². The first-order valence-electron chi connectivity index (χ1n) is 14.0. The number of aromatic nitrogens is 1. The number of methoxy groups -OCH3 is 1. The van der Waals surface area contributed by atoms with Gasteiger partial charge in [0.05, 0.1) is 44.5 Å². The lowest BCUT2D eigenvalue weighted by atomic mass is 9.69. The van der Waals surface area contributed by atoms with Gasteiger partial charge in [0.2, 0.25) is 11.8 Å². The molecule has 36 heavy (non-hydrogen) atoms. The van der Waals surface area contributed by atoms with E-state index in [2.05, 4.69) is 46.6 Å². The highest BCUT2D eigenvalue weighted by molar-refractivity contribution is 5.82. The molecule has 6 heteroatoms. The van der Waals surface area contributed by atoms with Crippen LogP contribution >= 0.6 is 0 Å². The Morgan fingerprint density at radius 2 is 1.94 bits per heavy atom. The molecule has 1 aromatic carbocycles. The van der Waals surface area contributed by atoms with Crippen LogP contribution in [-0.2, 0) is 21.6 Å². The summed E-state index contributed by atoms with van der Waals surface area (Å²) in [6.07, 6.45) is 8.60. The maximum Gasteiger partial charge on any atom is 0.232 e. The van der Waals surface area contributed by atoms with Crippen LogP contribution in [0.3, 0.4) is 0 Å². The van der Waals surface area contributed by atoms with E-state index < -0.39 is 0 Å². The zero-order chi connectivity index (χ0) is 24.5. The third kappa shape index (κ3) is 4.22. The van der Waals surface area contributed by atoms with Crippen molar-refractivity contribution in [3.05, 3.63) is 59.3 Å². The van der Waals surface area contributed by atoms with E-state index >= 15 is 0 Å². The lowest BCUT2D eigenvalue weighted by molar-refractivity contribution is -0.640. The fraction of sp³-hybridized carbons (Fsp3) is 0.600. The highest BCUT2D eigenvalue weighted by atomic mass is 16.5. The van der Waals surface area contributed by atoms with E-state index in [4.69, 9.17) is 14.5 Å². The Hall–Kier alpha value is -2.44. The summed E-state index contributed by atoms with van der Waals surface area (Å²) in [5.74, 6) is 2.04. The number of carbonyl (C=O) groups excluding carboxylic acids is 1. The van der Waals surface area contributed by atoms with Crippen LogP contribution in [0.25, 0.3) is 0 Å². The third-order valence-corrected chi connectivity index (χ3v) is 9.56. The summed E-state index contributed by atoms with van der Waals surface area (Å²) in [4.78, 5) is 21.5. The standard InChI is InChI=1S/C30H39N3O3/c1-35-28-13-12-24-26(32-28)18-36-20-30(24)19-31-17-25(30)29(34)33-15-14-23(21-8-4-2-5-9-21)16-27(33)22-10-6-3-7-11-22/h2,4-5,8-9,12-13,22-23,25,27,31H,3,6-7,10-11,14-20H2,1H3/p+1/t23-,25+,27+,30-/m1/s1. The van der Waals surface area contributed by atoms with E-state index in [1.165, 1.54) is 43.2 Å². The largest absolute Gasteiger partial charge is 0.481 e. The predicted molar refractivity (Wildman–Crippen MR) is 138 cm³/mol. The maximum atomic E-state index is 14.5. The minimum Gasteiger partial charge on any atom is -0.481 e. The lowest BCUT2D eigenvalue weighted by Gasteiger charge is -2.47. The van der Waals surface area contributed by atoms with E-state index in [0.29, 0.717) is 42.9 Å². The molecule has 4 aliphatic rings. The average molecular weight is 491 g/mol. The van der Waals surface area contributed by atoms with Crippen molar-refractivity contribution in [2.45, 2.75) is 68.9 Å². The van der Waals surface area contributed by atoms with Gasteiger partial charge in [0.1, 0.15) is 5.92 Å². The van der Waals surface area contributed by atoms with Gasteiger partial charge in [-0.15, -0.1) is 0 Å². The Balaban J connectivity index is 1.30. The predicted octanol–water partition coefficient (Wildman–Crippen LogP) is 3.41. The number of pyridine rings is 1. The molecule has 6 rings (SSSR count). The molecule has 192 valence electrons. The molecule has 1 spiro atoms.